The molecular weight excluding hydrogens is 232 g/mol. The van der Waals surface area contributed by atoms with E-state index in [1.54, 1.807) is 12.1 Å². The van der Waals surface area contributed by atoms with Crippen molar-refractivity contribution >= 4 is 11.6 Å². The van der Waals surface area contributed by atoms with Gasteiger partial charge in [0.2, 0.25) is 12.7 Å². The first-order valence-electron chi connectivity index (χ1n) is 6.21. The minimum Gasteiger partial charge on any atom is -0.454 e. The Morgan fingerprint density at radius 2 is 2.11 bits per heavy atom. The molecule has 0 aromatic heterocycles. The summed E-state index contributed by atoms with van der Waals surface area (Å²) < 4.78 is 10.5. The number of ether oxygens (including phenoxy) is 2. The largest absolute Gasteiger partial charge is 0.454 e. The molecule has 0 atom stereocenters. The summed E-state index contributed by atoms with van der Waals surface area (Å²) in [5.74, 6) is 2.15. The summed E-state index contributed by atoms with van der Waals surface area (Å²) in [6.45, 7) is 1.54. The van der Waals surface area contributed by atoms with E-state index in [9.17, 15) is 4.79 Å². The SMILES string of the molecule is O=C(CNCC1CC1)Nc1ccc2c(c1)OCO2. The number of fused-ring (bicyclic) bond motifs is 1. The standard InChI is InChI=1S/C13H16N2O3/c16-13(7-14-6-9-1-2-9)15-10-3-4-11-12(5-10)18-8-17-11/h3-5,9,14H,1-2,6-8H2,(H,15,16). The maximum Gasteiger partial charge on any atom is 0.238 e. The van der Waals surface area contributed by atoms with Crippen molar-refractivity contribution in [1.29, 1.82) is 0 Å². The Morgan fingerprint density at radius 1 is 1.28 bits per heavy atom. The summed E-state index contributed by atoms with van der Waals surface area (Å²) in [4.78, 5) is 11.7. The number of anilines is 1. The fraction of sp³-hybridized carbons (Fsp3) is 0.462. The zero-order valence-electron chi connectivity index (χ0n) is 10.1. The minimum atomic E-state index is -0.0329. The lowest BCUT2D eigenvalue weighted by atomic mass is 10.3. The molecule has 5 heteroatoms. The van der Waals surface area contributed by atoms with Crippen molar-refractivity contribution < 1.29 is 14.3 Å². The third kappa shape index (κ3) is 2.73. The van der Waals surface area contributed by atoms with Crippen LogP contribution in [0.25, 0.3) is 0 Å². The van der Waals surface area contributed by atoms with E-state index in [-0.39, 0.29) is 12.7 Å². The van der Waals surface area contributed by atoms with Gasteiger partial charge in [0.1, 0.15) is 0 Å². The van der Waals surface area contributed by atoms with E-state index in [0.717, 1.165) is 23.9 Å². The van der Waals surface area contributed by atoms with Crippen molar-refractivity contribution in [2.24, 2.45) is 5.92 Å². The molecule has 1 saturated carbocycles. The van der Waals surface area contributed by atoms with Crippen LogP contribution in [0.1, 0.15) is 12.8 Å². The molecule has 0 bridgehead atoms. The number of carbonyl (C=O) groups is 1. The molecule has 2 aliphatic rings. The van der Waals surface area contributed by atoms with Gasteiger partial charge in [-0.05, 0) is 37.4 Å². The zero-order valence-corrected chi connectivity index (χ0v) is 10.1. The Labute approximate surface area is 105 Å². The minimum absolute atomic E-state index is 0.0329. The van der Waals surface area contributed by atoms with E-state index in [0.29, 0.717) is 12.3 Å². The summed E-state index contributed by atoms with van der Waals surface area (Å²) in [7, 11) is 0. The summed E-state index contributed by atoms with van der Waals surface area (Å²) in [5, 5.41) is 5.98. The molecule has 5 nitrogen and oxygen atoms in total. The summed E-state index contributed by atoms with van der Waals surface area (Å²) >= 11 is 0. The first-order valence-corrected chi connectivity index (χ1v) is 6.21. The average Bonchev–Trinajstić information content (AvgIpc) is 3.06. The predicted molar refractivity (Wildman–Crippen MR) is 66.8 cm³/mol. The second-order valence-electron chi connectivity index (χ2n) is 4.69. The highest BCUT2D eigenvalue weighted by atomic mass is 16.7. The molecule has 1 amide bonds. The fourth-order valence-corrected chi connectivity index (χ4v) is 1.89. The highest BCUT2D eigenvalue weighted by Gasteiger charge is 2.20. The summed E-state index contributed by atoms with van der Waals surface area (Å²) in [6.07, 6.45) is 2.58. The first-order chi connectivity index (χ1) is 8.81. The van der Waals surface area contributed by atoms with E-state index in [2.05, 4.69) is 10.6 Å². The second kappa shape index (κ2) is 4.86. The van der Waals surface area contributed by atoms with Crippen LogP contribution in [0.4, 0.5) is 5.69 Å². The number of carbonyl (C=O) groups excluding carboxylic acids is 1. The van der Waals surface area contributed by atoms with E-state index in [1.165, 1.54) is 12.8 Å². The Bertz CT molecular complexity index is 458. The Morgan fingerprint density at radius 3 is 2.94 bits per heavy atom. The van der Waals surface area contributed by atoms with Gasteiger partial charge in [-0.25, -0.2) is 0 Å². The van der Waals surface area contributed by atoms with Gasteiger partial charge in [0, 0.05) is 11.8 Å². The average molecular weight is 248 g/mol. The first kappa shape index (κ1) is 11.3. The number of nitrogens with one attached hydrogen (secondary N) is 2. The normalized spacial score (nSPS) is 16.7. The molecule has 1 fully saturated rings. The lowest BCUT2D eigenvalue weighted by molar-refractivity contribution is -0.115. The van der Waals surface area contributed by atoms with Gasteiger partial charge in [-0.3, -0.25) is 4.79 Å². The van der Waals surface area contributed by atoms with Crippen LogP contribution in [0.15, 0.2) is 18.2 Å². The quantitative estimate of drug-likeness (QED) is 0.826. The Balaban J connectivity index is 1.50. The van der Waals surface area contributed by atoms with Gasteiger partial charge in [0.15, 0.2) is 11.5 Å². The van der Waals surface area contributed by atoms with Gasteiger partial charge in [-0.1, -0.05) is 0 Å². The van der Waals surface area contributed by atoms with Crippen LogP contribution < -0.4 is 20.1 Å². The molecular formula is C13H16N2O3. The van der Waals surface area contributed by atoms with Crippen molar-refractivity contribution in [3.63, 3.8) is 0 Å². The van der Waals surface area contributed by atoms with Crippen LogP contribution in [0, 0.1) is 5.92 Å². The monoisotopic (exact) mass is 248 g/mol. The molecule has 1 aromatic carbocycles. The smallest absolute Gasteiger partial charge is 0.238 e. The maximum atomic E-state index is 11.7. The number of hydrogen-bond acceptors (Lipinski definition) is 4. The topological polar surface area (TPSA) is 59.6 Å². The zero-order chi connectivity index (χ0) is 12.4. The van der Waals surface area contributed by atoms with E-state index in [4.69, 9.17) is 9.47 Å². The van der Waals surface area contributed by atoms with Crippen LogP contribution in [0.3, 0.4) is 0 Å². The number of hydrogen-bond donors (Lipinski definition) is 2. The number of amides is 1. The van der Waals surface area contributed by atoms with Crippen LogP contribution in [0.2, 0.25) is 0 Å². The molecule has 3 rings (SSSR count). The predicted octanol–water partition coefficient (Wildman–Crippen LogP) is 1.35. The lowest BCUT2D eigenvalue weighted by Crippen LogP contribution is -2.29. The number of rotatable bonds is 5. The molecule has 1 aromatic rings. The number of benzene rings is 1. The molecule has 2 N–H and O–H groups in total. The lowest BCUT2D eigenvalue weighted by Gasteiger charge is -2.07. The molecule has 0 spiro atoms. The summed E-state index contributed by atoms with van der Waals surface area (Å²) in [5.41, 5.74) is 0.734. The molecule has 96 valence electrons. The van der Waals surface area contributed by atoms with Crippen molar-refractivity contribution in [2.45, 2.75) is 12.8 Å². The van der Waals surface area contributed by atoms with Crippen LogP contribution in [-0.4, -0.2) is 25.8 Å². The van der Waals surface area contributed by atoms with Crippen molar-refractivity contribution in [3.05, 3.63) is 18.2 Å². The molecule has 1 heterocycles. The van der Waals surface area contributed by atoms with E-state index in [1.807, 2.05) is 6.07 Å². The van der Waals surface area contributed by atoms with Gasteiger partial charge in [0.25, 0.3) is 0 Å². The van der Waals surface area contributed by atoms with Crippen molar-refractivity contribution in [2.75, 3.05) is 25.2 Å². The van der Waals surface area contributed by atoms with Crippen LogP contribution in [0.5, 0.6) is 11.5 Å². The second-order valence-corrected chi connectivity index (χ2v) is 4.69. The van der Waals surface area contributed by atoms with E-state index >= 15 is 0 Å². The van der Waals surface area contributed by atoms with Gasteiger partial charge in [-0.15, -0.1) is 0 Å². The van der Waals surface area contributed by atoms with Crippen molar-refractivity contribution in [1.82, 2.24) is 5.32 Å². The highest BCUT2D eigenvalue weighted by molar-refractivity contribution is 5.92. The summed E-state index contributed by atoms with van der Waals surface area (Å²) in [6, 6.07) is 5.39. The molecule has 0 unspecified atom stereocenters. The van der Waals surface area contributed by atoms with Gasteiger partial charge in [0.05, 0.1) is 6.54 Å². The molecule has 18 heavy (non-hydrogen) atoms. The van der Waals surface area contributed by atoms with Gasteiger partial charge in [-0.2, -0.15) is 0 Å². The Kier molecular flexibility index (Phi) is 3.06. The van der Waals surface area contributed by atoms with Crippen LogP contribution in [-0.2, 0) is 4.79 Å². The van der Waals surface area contributed by atoms with E-state index < -0.39 is 0 Å². The Hall–Kier alpha value is -1.75. The molecule has 1 aliphatic carbocycles. The van der Waals surface area contributed by atoms with Gasteiger partial charge < -0.3 is 20.1 Å². The molecule has 0 saturated heterocycles. The van der Waals surface area contributed by atoms with Gasteiger partial charge >= 0.3 is 0 Å². The van der Waals surface area contributed by atoms with Crippen molar-refractivity contribution in [3.8, 4) is 11.5 Å². The maximum absolute atomic E-state index is 11.7. The fourth-order valence-electron chi connectivity index (χ4n) is 1.89. The highest BCUT2D eigenvalue weighted by Crippen LogP contribution is 2.34. The van der Waals surface area contributed by atoms with Crippen LogP contribution >= 0.6 is 0 Å². The third-order valence-corrected chi connectivity index (χ3v) is 3.07. The molecule has 1 aliphatic heterocycles. The molecule has 0 radical (unpaired) electrons. The third-order valence-electron chi connectivity index (χ3n) is 3.07.